The Hall–Kier alpha value is -1.97. The molecular weight excluding hydrogens is 469 g/mol. The fourth-order valence-corrected chi connectivity index (χ4v) is 4.26. The van der Waals surface area contributed by atoms with Gasteiger partial charge in [-0.25, -0.2) is 0 Å². The number of rotatable bonds is 6. The number of hydrogen-bond donors (Lipinski definition) is 2. The maximum absolute atomic E-state index is 12.9. The van der Waals surface area contributed by atoms with Crippen LogP contribution in [0.15, 0.2) is 40.0 Å². The molecule has 1 aliphatic rings. The number of carbonyl (C=O) groups excluding carboxylic acids is 2. The summed E-state index contributed by atoms with van der Waals surface area (Å²) in [6.07, 6.45) is 5.02. The third-order valence-corrected chi connectivity index (χ3v) is 5.30. The standard InChI is InChI=1S/C19H21F2IN2O3/c1-10(2)24-16(25)15-14(22)5-4-8-19(15,17(23)26)13-7-6-12(9-11(13)3)27-18(20)21/h4-10,15,18H,1-3H3,(H2,23,26)(H,24,25). The Kier molecular flexibility index (Phi) is 6.61. The predicted molar refractivity (Wildman–Crippen MR) is 107 cm³/mol. The predicted octanol–water partition coefficient (Wildman–Crippen LogP) is 3.35. The Labute approximate surface area is 170 Å². The lowest BCUT2D eigenvalue weighted by Crippen LogP contribution is -2.53. The molecule has 5 nitrogen and oxygen atoms in total. The SMILES string of the molecule is Cc1cc(OC(F)F)ccc1C1(C(N)=O)C=CC=C(I)C1C(=O)NC(C)C. The second-order valence-electron chi connectivity index (χ2n) is 6.60. The van der Waals surface area contributed by atoms with E-state index in [1.54, 1.807) is 25.2 Å². The number of primary amides is 1. The molecule has 0 radical (unpaired) electrons. The van der Waals surface area contributed by atoms with Gasteiger partial charge in [0, 0.05) is 9.62 Å². The van der Waals surface area contributed by atoms with Crippen LogP contribution in [0.2, 0.25) is 0 Å². The highest BCUT2D eigenvalue weighted by atomic mass is 127. The van der Waals surface area contributed by atoms with E-state index in [2.05, 4.69) is 10.1 Å². The number of amides is 2. The molecular formula is C19H21F2IN2O3. The minimum atomic E-state index is -2.96. The summed E-state index contributed by atoms with van der Waals surface area (Å²) >= 11 is 2.02. The van der Waals surface area contributed by atoms with Gasteiger partial charge >= 0.3 is 6.61 Å². The topological polar surface area (TPSA) is 81.4 Å². The van der Waals surface area contributed by atoms with Crippen molar-refractivity contribution in [3.8, 4) is 5.75 Å². The Morgan fingerprint density at radius 3 is 2.52 bits per heavy atom. The van der Waals surface area contributed by atoms with Gasteiger partial charge in [0.2, 0.25) is 11.8 Å². The minimum absolute atomic E-state index is 0.0286. The smallest absolute Gasteiger partial charge is 0.387 e. The summed E-state index contributed by atoms with van der Waals surface area (Å²) in [7, 11) is 0. The largest absolute Gasteiger partial charge is 0.435 e. The van der Waals surface area contributed by atoms with Crippen LogP contribution in [-0.4, -0.2) is 24.5 Å². The third kappa shape index (κ3) is 4.31. The maximum Gasteiger partial charge on any atom is 0.387 e. The van der Waals surface area contributed by atoms with Gasteiger partial charge in [-0.3, -0.25) is 9.59 Å². The van der Waals surface area contributed by atoms with Crippen molar-refractivity contribution < 1.29 is 23.1 Å². The molecule has 0 bridgehead atoms. The highest BCUT2D eigenvalue weighted by Gasteiger charge is 2.50. The zero-order chi connectivity index (χ0) is 20.4. The van der Waals surface area contributed by atoms with Crippen molar-refractivity contribution in [3.63, 3.8) is 0 Å². The molecule has 0 aromatic heterocycles. The molecule has 146 valence electrons. The second kappa shape index (κ2) is 8.37. The second-order valence-corrected chi connectivity index (χ2v) is 7.84. The lowest BCUT2D eigenvalue weighted by molar-refractivity contribution is -0.132. The molecule has 2 atom stereocenters. The van der Waals surface area contributed by atoms with Gasteiger partial charge < -0.3 is 15.8 Å². The van der Waals surface area contributed by atoms with Crippen LogP contribution < -0.4 is 15.8 Å². The molecule has 2 rings (SSSR count). The Balaban J connectivity index is 2.62. The van der Waals surface area contributed by atoms with Crippen LogP contribution >= 0.6 is 22.6 Å². The minimum Gasteiger partial charge on any atom is -0.435 e. The fraction of sp³-hybridized carbons (Fsp3) is 0.368. The number of nitrogens with one attached hydrogen (secondary N) is 1. The molecule has 2 unspecified atom stereocenters. The molecule has 0 saturated carbocycles. The highest BCUT2D eigenvalue weighted by molar-refractivity contribution is 14.1. The highest BCUT2D eigenvalue weighted by Crippen LogP contribution is 2.45. The van der Waals surface area contributed by atoms with E-state index in [9.17, 15) is 18.4 Å². The van der Waals surface area contributed by atoms with E-state index in [0.29, 0.717) is 14.7 Å². The average Bonchev–Trinajstić information content (AvgIpc) is 2.52. The van der Waals surface area contributed by atoms with Crippen LogP contribution in [0.5, 0.6) is 5.75 Å². The first-order valence-corrected chi connectivity index (χ1v) is 9.38. The molecule has 27 heavy (non-hydrogen) atoms. The number of allylic oxidation sites excluding steroid dienone is 2. The monoisotopic (exact) mass is 490 g/mol. The van der Waals surface area contributed by atoms with Crippen molar-refractivity contribution in [2.75, 3.05) is 0 Å². The number of alkyl halides is 2. The number of hydrogen-bond acceptors (Lipinski definition) is 3. The Morgan fingerprint density at radius 2 is 2.00 bits per heavy atom. The molecule has 0 fully saturated rings. The van der Waals surface area contributed by atoms with Gasteiger partial charge in [0.1, 0.15) is 11.2 Å². The lowest BCUT2D eigenvalue weighted by Gasteiger charge is -2.38. The molecule has 0 saturated heterocycles. The van der Waals surface area contributed by atoms with Crippen molar-refractivity contribution >= 4 is 34.4 Å². The van der Waals surface area contributed by atoms with E-state index in [0.717, 1.165) is 0 Å². The van der Waals surface area contributed by atoms with Crippen molar-refractivity contribution in [1.29, 1.82) is 0 Å². The molecule has 1 aromatic carbocycles. The first-order chi connectivity index (χ1) is 12.6. The average molecular weight is 490 g/mol. The Morgan fingerprint density at radius 1 is 1.33 bits per heavy atom. The normalized spacial score (nSPS) is 21.9. The van der Waals surface area contributed by atoms with Gasteiger partial charge in [0.15, 0.2) is 0 Å². The van der Waals surface area contributed by atoms with Gasteiger partial charge in [0.25, 0.3) is 0 Å². The summed E-state index contributed by atoms with van der Waals surface area (Å²) in [5.41, 5.74) is 5.35. The van der Waals surface area contributed by atoms with Crippen LogP contribution in [0.4, 0.5) is 8.78 Å². The summed E-state index contributed by atoms with van der Waals surface area (Å²) in [5.74, 6) is -1.92. The van der Waals surface area contributed by atoms with Crippen molar-refractivity contribution in [2.24, 2.45) is 11.7 Å². The summed E-state index contributed by atoms with van der Waals surface area (Å²) in [6, 6.07) is 4.13. The molecule has 0 heterocycles. The molecule has 2 amide bonds. The van der Waals surface area contributed by atoms with Crippen molar-refractivity contribution in [1.82, 2.24) is 5.32 Å². The summed E-state index contributed by atoms with van der Waals surface area (Å²) < 4.78 is 30.0. The lowest BCUT2D eigenvalue weighted by atomic mass is 9.66. The first kappa shape index (κ1) is 21.3. The number of benzene rings is 1. The van der Waals surface area contributed by atoms with E-state index >= 15 is 0 Å². The maximum atomic E-state index is 12.9. The first-order valence-electron chi connectivity index (χ1n) is 8.30. The van der Waals surface area contributed by atoms with Crippen molar-refractivity contribution in [2.45, 2.75) is 38.8 Å². The zero-order valence-corrected chi connectivity index (χ0v) is 17.3. The molecule has 1 aromatic rings. The van der Waals surface area contributed by atoms with Crippen molar-refractivity contribution in [3.05, 3.63) is 51.1 Å². The fourth-order valence-electron chi connectivity index (χ4n) is 3.28. The van der Waals surface area contributed by atoms with Gasteiger partial charge in [-0.15, -0.1) is 0 Å². The number of ether oxygens (including phenoxy) is 1. The quantitative estimate of drug-likeness (QED) is 0.601. The van der Waals surface area contributed by atoms with Crippen LogP contribution in [-0.2, 0) is 15.0 Å². The van der Waals surface area contributed by atoms with Crippen LogP contribution in [0, 0.1) is 12.8 Å². The third-order valence-electron chi connectivity index (χ3n) is 4.32. The van der Waals surface area contributed by atoms with E-state index in [-0.39, 0.29) is 17.7 Å². The molecule has 3 N–H and O–H groups in total. The Bertz CT molecular complexity index is 808. The number of carbonyl (C=O) groups is 2. The molecule has 8 heteroatoms. The molecule has 1 aliphatic carbocycles. The number of nitrogens with two attached hydrogens (primary N) is 1. The van der Waals surface area contributed by atoms with Gasteiger partial charge in [-0.1, -0.05) is 24.3 Å². The van der Waals surface area contributed by atoms with E-state index in [1.807, 2.05) is 36.4 Å². The van der Waals surface area contributed by atoms with Gasteiger partial charge in [0.05, 0.1) is 5.92 Å². The van der Waals surface area contributed by atoms with E-state index < -0.39 is 23.9 Å². The van der Waals surface area contributed by atoms with Gasteiger partial charge in [-0.2, -0.15) is 8.78 Å². The summed E-state index contributed by atoms with van der Waals surface area (Å²) in [5, 5.41) is 2.83. The van der Waals surface area contributed by atoms with Crippen LogP contribution in [0.3, 0.4) is 0 Å². The van der Waals surface area contributed by atoms with E-state index in [1.165, 1.54) is 18.2 Å². The number of aryl methyl sites for hydroxylation is 1. The zero-order valence-electron chi connectivity index (χ0n) is 15.1. The van der Waals surface area contributed by atoms with E-state index in [4.69, 9.17) is 5.73 Å². The molecule has 0 aliphatic heterocycles. The van der Waals surface area contributed by atoms with Crippen LogP contribution in [0.25, 0.3) is 0 Å². The van der Waals surface area contributed by atoms with Gasteiger partial charge in [-0.05, 0) is 66.6 Å². The van der Waals surface area contributed by atoms with Crippen LogP contribution in [0.1, 0.15) is 25.0 Å². The number of halogens is 3. The molecule has 0 spiro atoms. The summed E-state index contributed by atoms with van der Waals surface area (Å²) in [6.45, 7) is 2.35. The summed E-state index contributed by atoms with van der Waals surface area (Å²) in [4.78, 5) is 25.6.